The Morgan fingerprint density at radius 1 is 0.944 bits per heavy atom. The number of rotatable bonds is 6. The summed E-state index contributed by atoms with van der Waals surface area (Å²) in [6.45, 7) is 0. The Morgan fingerprint density at radius 3 is 2.47 bits per heavy atom. The number of benzene rings is 3. The molecule has 0 bridgehead atoms. The van der Waals surface area contributed by atoms with Crippen molar-refractivity contribution in [3.63, 3.8) is 0 Å². The molecule has 0 spiro atoms. The van der Waals surface area contributed by atoms with Crippen molar-refractivity contribution >= 4 is 28.2 Å². The van der Waals surface area contributed by atoms with E-state index in [4.69, 9.17) is 9.72 Å². The third-order valence-electron chi connectivity index (χ3n) is 5.71. The minimum Gasteiger partial charge on any atom is -0.497 e. The average molecular weight is 491 g/mol. The van der Waals surface area contributed by atoms with Crippen molar-refractivity contribution in [2.24, 2.45) is 0 Å². The number of hydrogen-bond acceptors (Lipinski definition) is 7. The van der Waals surface area contributed by atoms with Crippen molar-refractivity contribution in [1.82, 2.24) is 9.97 Å². The van der Waals surface area contributed by atoms with Crippen molar-refractivity contribution in [1.29, 1.82) is 5.26 Å². The molecule has 2 aromatic heterocycles. The zero-order chi connectivity index (χ0) is 25.1. The van der Waals surface area contributed by atoms with Crippen molar-refractivity contribution in [2.75, 3.05) is 7.11 Å². The molecule has 0 aliphatic carbocycles. The predicted molar refractivity (Wildman–Crippen MR) is 139 cm³/mol. The highest BCUT2D eigenvalue weighted by atomic mass is 32.2. The van der Waals surface area contributed by atoms with E-state index in [0.29, 0.717) is 27.6 Å². The van der Waals surface area contributed by atoms with Gasteiger partial charge in [0, 0.05) is 23.4 Å². The molecular formula is C28H18N4O3S. The predicted octanol–water partition coefficient (Wildman–Crippen LogP) is 6.90. The molecule has 0 N–H and O–H groups in total. The van der Waals surface area contributed by atoms with Crippen LogP contribution in [-0.2, 0) is 0 Å². The van der Waals surface area contributed by atoms with Crippen molar-refractivity contribution in [3.8, 4) is 34.2 Å². The van der Waals surface area contributed by atoms with Gasteiger partial charge in [0.15, 0.2) is 5.03 Å². The van der Waals surface area contributed by atoms with E-state index in [1.54, 1.807) is 7.11 Å². The van der Waals surface area contributed by atoms with E-state index < -0.39 is 4.92 Å². The first-order valence-corrected chi connectivity index (χ1v) is 11.8. The molecule has 174 valence electrons. The van der Waals surface area contributed by atoms with Crippen molar-refractivity contribution in [2.45, 2.75) is 10.1 Å². The van der Waals surface area contributed by atoms with E-state index in [0.717, 1.165) is 33.7 Å². The Hall–Kier alpha value is -4.74. The van der Waals surface area contributed by atoms with Gasteiger partial charge in [0.05, 0.1) is 23.3 Å². The second kappa shape index (κ2) is 9.86. The monoisotopic (exact) mass is 490 g/mol. The van der Waals surface area contributed by atoms with E-state index >= 15 is 0 Å². The van der Waals surface area contributed by atoms with Crippen LogP contribution in [0.5, 0.6) is 5.75 Å². The molecule has 0 aliphatic heterocycles. The van der Waals surface area contributed by atoms with Gasteiger partial charge >= 0.3 is 5.69 Å². The molecule has 36 heavy (non-hydrogen) atoms. The lowest BCUT2D eigenvalue weighted by atomic mass is 9.97. The maximum Gasteiger partial charge on any atom is 0.301 e. The number of nitriles is 1. The minimum absolute atomic E-state index is 0.144. The number of methoxy groups -OCH3 is 1. The molecule has 5 rings (SSSR count). The first-order chi connectivity index (χ1) is 17.6. The quantitative estimate of drug-likeness (QED) is 0.188. The lowest BCUT2D eigenvalue weighted by Gasteiger charge is -2.14. The van der Waals surface area contributed by atoms with Gasteiger partial charge in [-0.3, -0.25) is 10.1 Å². The van der Waals surface area contributed by atoms with E-state index in [2.05, 4.69) is 11.1 Å². The fourth-order valence-corrected chi connectivity index (χ4v) is 4.93. The summed E-state index contributed by atoms with van der Waals surface area (Å²) in [4.78, 5) is 20.2. The Bertz CT molecular complexity index is 1640. The highest BCUT2D eigenvalue weighted by molar-refractivity contribution is 7.99. The molecule has 0 fully saturated rings. The zero-order valence-electron chi connectivity index (χ0n) is 19.1. The van der Waals surface area contributed by atoms with Gasteiger partial charge in [0.25, 0.3) is 0 Å². The lowest BCUT2D eigenvalue weighted by Crippen LogP contribution is -1.98. The highest BCUT2D eigenvalue weighted by Crippen LogP contribution is 2.40. The molecule has 5 aromatic rings. The Balaban J connectivity index is 1.76. The van der Waals surface area contributed by atoms with Crippen molar-refractivity contribution < 1.29 is 9.66 Å². The summed E-state index contributed by atoms with van der Waals surface area (Å²) >= 11 is 1.01. The maximum absolute atomic E-state index is 11.6. The number of nitro groups is 1. The van der Waals surface area contributed by atoms with Gasteiger partial charge in [0.2, 0.25) is 0 Å². The number of hydrogen-bond donors (Lipinski definition) is 0. The smallest absolute Gasteiger partial charge is 0.301 e. The van der Waals surface area contributed by atoms with Crippen LogP contribution < -0.4 is 4.74 Å². The summed E-state index contributed by atoms with van der Waals surface area (Å²) in [5, 5.41) is 24.4. The molecule has 0 aliphatic rings. The number of pyridine rings is 2. The van der Waals surface area contributed by atoms with Gasteiger partial charge in [0.1, 0.15) is 16.8 Å². The Kier molecular flexibility index (Phi) is 6.31. The van der Waals surface area contributed by atoms with Crippen LogP contribution in [0.1, 0.15) is 5.56 Å². The molecule has 0 saturated carbocycles. The summed E-state index contributed by atoms with van der Waals surface area (Å²) in [5.41, 5.74) is 3.18. The fraction of sp³-hybridized carbons (Fsp3) is 0.0357. The normalized spacial score (nSPS) is 10.7. The maximum atomic E-state index is 11.6. The van der Waals surface area contributed by atoms with Crippen LogP contribution in [0.3, 0.4) is 0 Å². The first kappa shape index (κ1) is 23.0. The van der Waals surface area contributed by atoms with Gasteiger partial charge in [-0.2, -0.15) is 5.26 Å². The molecule has 0 radical (unpaired) electrons. The van der Waals surface area contributed by atoms with Gasteiger partial charge in [-0.15, -0.1) is 0 Å². The minimum atomic E-state index is -0.486. The molecule has 7 nitrogen and oxygen atoms in total. The molecule has 2 heterocycles. The fourth-order valence-electron chi connectivity index (χ4n) is 3.98. The Morgan fingerprint density at radius 2 is 1.72 bits per heavy atom. The average Bonchev–Trinajstić information content (AvgIpc) is 2.92. The van der Waals surface area contributed by atoms with Crippen LogP contribution in [0.15, 0.2) is 101 Å². The zero-order valence-corrected chi connectivity index (χ0v) is 19.9. The van der Waals surface area contributed by atoms with Gasteiger partial charge in [-0.25, -0.2) is 9.97 Å². The van der Waals surface area contributed by atoms with E-state index in [-0.39, 0.29) is 10.7 Å². The van der Waals surface area contributed by atoms with Crippen LogP contribution in [0.4, 0.5) is 5.69 Å². The summed E-state index contributed by atoms with van der Waals surface area (Å²) in [6, 6.07) is 28.4. The summed E-state index contributed by atoms with van der Waals surface area (Å²) in [5.74, 6) is 0.694. The standard InChI is InChI=1S/C28H18N4O3S/c1-35-20-13-11-19(12-14-20)23-16-25(22-9-4-7-18-6-2-3-8-21(18)22)31-27(24(23)17-29)36-28-26(32(33)34)10-5-15-30-28/h2-16H,1H3. The second-order valence-electron chi connectivity index (χ2n) is 7.79. The number of aromatic nitrogens is 2. The Labute approximate surface area is 211 Å². The van der Waals surface area contributed by atoms with E-state index in [1.807, 2.05) is 72.8 Å². The topological polar surface area (TPSA) is 102 Å². The van der Waals surface area contributed by atoms with Gasteiger partial charge in [-0.1, -0.05) is 54.6 Å². The second-order valence-corrected chi connectivity index (χ2v) is 8.77. The number of ether oxygens (including phenoxy) is 1. The summed E-state index contributed by atoms with van der Waals surface area (Å²) in [7, 11) is 1.59. The first-order valence-electron chi connectivity index (χ1n) is 10.9. The third kappa shape index (κ3) is 4.35. The molecule has 0 atom stereocenters. The van der Waals surface area contributed by atoms with Crippen LogP contribution in [0.25, 0.3) is 33.2 Å². The molecule has 3 aromatic carbocycles. The largest absolute Gasteiger partial charge is 0.497 e. The highest BCUT2D eigenvalue weighted by Gasteiger charge is 2.22. The molecule has 8 heteroatoms. The lowest BCUT2D eigenvalue weighted by molar-refractivity contribution is -0.388. The molecular weight excluding hydrogens is 472 g/mol. The number of fused-ring (bicyclic) bond motifs is 1. The molecule has 0 unspecified atom stereocenters. The van der Waals surface area contributed by atoms with Gasteiger partial charge < -0.3 is 4.74 Å². The molecule has 0 saturated heterocycles. The van der Waals surface area contributed by atoms with Crippen LogP contribution in [-0.4, -0.2) is 22.0 Å². The van der Waals surface area contributed by atoms with Crippen LogP contribution in [0.2, 0.25) is 0 Å². The molecule has 0 amide bonds. The van der Waals surface area contributed by atoms with Crippen LogP contribution >= 0.6 is 11.8 Å². The number of nitrogens with zero attached hydrogens (tertiary/aromatic N) is 4. The summed E-state index contributed by atoms with van der Waals surface area (Å²) < 4.78 is 5.29. The third-order valence-corrected chi connectivity index (χ3v) is 6.70. The van der Waals surface area contributed by atoms with E-state index in [9.17, 15) is 15.4 Å². The van der Waals surface area contributed by atoms with Gasteiger partial charge in [-0.05, 0) is 52.4 Å². The van der Waals surface area contributed by atoms with Crippen molar-refractivity contribution in [3.05, 3.63) is 107 Å². The van der Waals surface area contributed by atoms with E-state index in [1.165, 1.54) is 18.3 Å². The summed E-state index contributed by atoms with van der Waals surface area (Å²) in [6.07, 6.45) is 1.49. The van der Waals surface area contributed by atoms with Crippen LogP contribution in [0, 0.1) is 21.4 Å². The SMILES string of the molecule is COc1ccc(-c2cc(-c3cccc4ccccc34)nc(Sc3ncccc3[N+](=O)[O-])c2C#N)cc1.